The molecule has 0 spiro atoms. The average Bonchev–Trinajstić information content (AvgIpc) is 3.86. The lowest BCUT2D eigenvalue weighted by Crippen LogP contribution is -2.27. The Kier molecular flexibility index (Phi) is 12.2. The minimum absolute atomic E-state index is 0.264. The standard InChI is InChI=1S/C34H40N6O3.C2H6/c1-5-6-17-34(38-39-34)18-21-43-29-13-9-26(10-14-29)25-7-11-28(12-8-25)35-33-30(22-40(4)24(2)3)31(23-41)36-32(37-33)27-15-19-42-20-16-27;1-2/h1,7-9,11-15,23-24,26H,6,10,16-22H2,2-4H3,(H,35,36,37);1-2H3. The molecule has 9 heteroatoms. The van der Waals surface area contributed by atoms with Gasteiger partial charge in [-0.25, -0.2) is 9.97 Å². The fourth-order valence-corrected chi connectivity index (χ4v) is 5.07. The molecule has 1 aliphatic carbocycles. The fraction of sp³-hybridized carbons (Fsp3) is 0.472. The second-order valence-corrected chi connectivity index (χ2v) is 11.5. The van der Waals surface area contributed by atoms with Crippen molar-refractivity contribution in [1.29, 1.82) is 0 Å². The average molecular weight is 611 g/mol. The maximum Gasteiger partial charge on any atom is 0.195 e. The van der Waals surface area contributed by atoms with Crippen LogP contribution in [-0.2, 0) is 16.0 Å². The number of benzene rings is 1. The van der Waals surface area contributed by atoms with Crippen LogP contribution in [-0.4, -0.2) is 59.7 Å². The summed E-state index contributed by atoms with van der Waals surface area (Å²) < 4.78 is 11.4. The molecule has 1 atom stereocenters. The molecule has 1 N–H and O–H groups in total. The predicted molar refractivity (Wildman–Crippen MR) is 179 cm³/mol. The summed E-state index contributed by atoms with van der Waals surface area (Å²) in [5, 5.41) is 11.8. The van der Waals surface area contributed by atoms with Crippen LogP contribution >= 0.6 is 0 Å². The van der Waals surface area contributed by atoms with Crippen LogP contribution in [0.25, 0.3) is 5.57 Å². The van der Waals surface area contributed by atoms with Crippen molar-refractivity contribution in [1.82, 2.24) is 14.9 Å². The SMILES string of the molecule is C#CCCC1(CCOC2=CCC(c3ccc(Nc4nc(C5=CCOCC5)nc(C=O)c4CN(C)C(C)C)cc3)C=C2)N=N1.CC. The Labute approximate surface area is 267 Å². The van der Waals surface area contributed by atoms with E-state index in [-0.39, 0.29) is 11.6 Å². The summed E-state index contributed by atoms with van der Waals surface area (Å²) in [6, 6.07) is 8.68. The third-order valence-electron chi connectivity index (χ3n) is 8.18. The van der Waals surface area contributed by atoms with E-state index >= 15 is 0 Å². The first kappa shape index (κ1) is 33.8. The second kappa shape index (κ2) is 16.3. The van der Waals surface area contributed by atoms with E-state index in [0.29, 0.717) is 62.6 Å². The highest BCUT2D eigenvalue weighted by molar-refractivity contribution is 5.79. The molecule has 1 aromatic carbocycles. The van der Waals surface area contributed by atoms with Crippen LogP contribution in [0, 0.1) is 12.3 Å². The quantitative estimate of drug-likeness (QED) is 0.173. The molecule has 2 aliphatic heterocycles. The third-order valence-corrected chi connectivity index (χ3v) is 8.18. The summed E-state index contributed by atoms with van der Waals surface area (Å²) in [5.74, 6) is 5.02. The highest BCUT2D eigenvalue weighted by Gasteiger charge is 2.39. The van der Waals surface area contributed by atoms with Gasteiger partial charge in [-0.15, -0.1) is 12.3 Å². The van der Waals surface area contributed by atoms with Crippen molar-refractivity contribution in [2.24, 2.45) is 10.2 Å². The van der Waals surface area contributed by atoms with Crippen LogP contribution in [0.15, 0.2) is 64.6 Å². The van der Waals surface area contributed by atoms with Crippen LogP contribution in [0.1, 0.15) is 93.2 Å². The summed E-state index contributed by atoms with van der Waals surface area (Å²) in [5.41, 5.74) is 3.98. The molecule has 0 amide bonds. The lowest BCUT2D eigenvalue weighted by atomic mass is 9.92. The number of anilines is 2. The lowest BCUT2D eigenvalue weighted by Gasteiger charge is -2.24. The molecule has 0 fully saturated rings. The maximum atomic E-state index is 12.2. The van der Waals surface area contributed by atoms with Crippen LogP contribution in [0.3, 0.4) is 0 Å². The van der Waals surface area contributed by atoms with E-state index in [2.05, 4.69) is 81.6 Å². The van der Waals surface area contributed by atoms with E-state index in [1.54, 1.807) is 0 Å². The topological polar surface area (TPSA) is 101 Å². The fourth-order valence-electron chi connectivity index (χ4n) is 5.07. The Morgan fingerprint density at radius 3 is 2.56 bits per heavy atom. The van der Waals surface area contributed by atoms with Gasteiger partial charge in [0.05, 0.1) is 19.8 Å². The molecule has 0 radical (unpaired) electrons. The molecule has 9 nitrogen and oxygen atoms in total. The number of nitrogens with one attached hydrogen (secondary N) is 1. The van der Waals surface area contributed by atoms with Gasteiger partial charge in [-0.3, -0.25) is 9.69 Å². The summed E-state index contributed by atoms with van der Waals surface area (Å²) in [7, 11) is 2.03. The molecule has 0 bridgehead atoms. The van der Waals surface area contributed by atoms with Gasteiger partial charge in [0.25, 0.3) is 0 Å². The minimum atomic E-state index is -0.320. The number of nitrogens with zero attached hydrogens (tertiary/aromatic N) is 5. The van der Waals surface area contributed by atoms with Crippen molar-refractivity contribution >= 4 is 23.4 Å². The van der Waals surface area contributed by atoms with E-state index in [0.717, 1.165) is 48.1 Å². The lowest BCUT2D eigenvalue weighted by molar-refractivity contribution is 0.111. The van der Waals surface area contributed by atoms with E-state index in [1.807, 2.05) is 33.0 Å². The van der Waals surface area contributed by atoms with Crippen LogP contribution in [0.5, 0.6) is 0 Å². The number of aromatic nitrogens is 2. The number of hydrogen-bond donors (Lipinski definition) is 1. The smallest absolute Gasteiger partial charge is 0.195 e. The third kappa shape index (κ3) is 9.19. The normalized spacial score (nSPS) is 18.0. The van der Waals surface area contributed by atoms with Crippen molar-refractivity contribution in [3.8, 4) is 12.3 Å². The first-order valence-corrected chi connectivity index (χ1v) is 16.0. The van der Waals surface area contributed by atoms with Gasteiger partial charge in [0, 0.05) is 49.0 Å². The van der Waals surface area contributed by atoms with Crippen molar-refractivity contribution in [2.45, 2.75) is 84.0 Å². The summed E-state index contributed by atoms with van der Waals surface area (Å²) >= 11 is 0. The number of carbonyl (C=O) groups is 1. The summed E-state index contributed by atoms with van der Waals surface area (Å²) in [4.78, 5) is 23.9. The van der Waals surface area contributed by atoms with Crippen molar-refractivity contribution in [3.63, 3.8) is 0 Å². The van der Waals surface area contributed by atoms with Crippen LogP contribution in [0.2, 0.25) is 0 Å². The number of allylic oxidation sites excluding steroid dienone is 3. The monoisotopic (exact) mass is 610 g/mol. The van der Waals surface area contributed by atoms with Crippen molar-refractivity contribution in [3.05, 3.63) is 77.0 Å². The summed E-state index contributed by atoms with van der Waals surface area (Å²) in [6.45, 7) is 10.5. The van der Waals surface area contributed by atoms with Gasteiger partial charge in [0.2, 0.25) is 0 Å². The van der Waals surface area contributed by atoms with Gasteiger partial charge >= 0.3 is 0 Å². The number of rotatable bonds is 14. The zero-order valence-electron chi connectivity index (χ0n) is 27.3. The van der Waals surface area contributed by atoms with Gasteiger partial charge in [-0.2, -0.15) is 10.2 Å². The van der Waals surface area contributed by atoms with Gasteiger partial charge in [0.15, 0.2) is 17.8 Å². The van der Waals surface area contributed by atoms with Gasteiger partial charge in [0.1, 0.15) is 17.3 Å². The molecular weight excluding hydrogens is 564 g/mol. The number of hydrogen-bond acceptors (Lipinski definition) is 9. The van der Waals surface area contributed by atoms with Crippen LogP contribution < -0.4 is 5.32 Å². The molecule has 45 heavy (non-hydrogen) atoms. The van der Waals surface area contributed by atoms with E-state index in [4.69, 9.17) is 20.9 Å². The Balaban J connectivity index is 0.00000226. The molecule has 2 aromatic rings. The first-order valence-electron chi connectivity index (χ1n) is 16.0. The molecule has 1 unspecified atom stereocenters. The molecule has 1 aromatic heterocycles. The van der Waals surface area contributed by atoms with Crippen molar-refractivity contribution in [2.75, 3.05) is 32.2 Å². The minimum Gasteiger partial charge on any atom is -0.494 e. The maximum absolute atomic E-state index is 12.2. The highest BCUT2D eigenvalue weighted by Crippen LogP contribution is 2.37. The molecule has 0 saturated heterocycles. The van der Waals surface area contributed by atoms with Gasteiger partial charge < -0.3 is 14.8 Å². The van der Waals surface area contributed by atoms with Gasteiger partial charge in [-0.1, -0.05) is 38.1 Å². The Hall–Kier alpha value is -4.13. The zero-order valence-corrected chi connectivity index (χ0v) is 27.3. The second-order valence-electron chi connectivity index (χ2n) is 11.5. The zero-order chi connectivity index (χ0) is 32.2. The van der Waals surface area contributed by atoms with E-state index in [9.17, 15) is 4.79 Å². The Bertz CT molecular complexity index is 1460. The van der Waals surface area contributed by atoms with Gasteiger partial charge in [-0.05, 0) is 69.2 Å². The predicted octanol–water partition coefficient (Wildman–Crippen LogP) is 7.61. The highest BCUT2D eigenvalue weighted by atomic mass is 16.5. The Morgan fingerprint density at radius 1 is 1.18 bits per heavy atom. The van der Waals surface area contributed by atoms with E-state index < -0.39 is 0 Å². The number of terminal acetylenes is 1. The van der Waals surface area contributed by atoms with E-state index in [1.165, 1.54) is 5.56 Å². The number of ether oxygens (including phenoxy) is 2. The molecule has 0 saturated carbocycles. The first-order chi connectivity index (χ1) is 21.9. The molecule has 238 valence electrons. The number of carbonyl (C=O) groups excluding carboxylic acids is 1. The summed E-state index contributed by atoms with van der Waals surface area (Å²) in [6.07, 6.45) is 18.4. The van der Waals surface area contributed by atoms with Crippen molar-refractivity contribution < 1.29 is 14.3 Å². The molecular formula is C36H46N6O3. The molecule has 3 heterocycles. The molecule has 3 aliphatic rings. The largest absolute Gasteiger partial charge is 0.494 e. The van der Waals surface area contributed by atoms with Crippen LogP contribution in [0.4, 0.5) is 11.5 Å². The Morgan fingerprint density at radius 2 is 1.96 bits per heavy atom. The molecule has 5 rings (SSSR count). The number of aldehydes is 1.